The molecule has 4 heteroatoms. The van der Waals surface area contributed by atoms with Crippen molar-refractivity contribution in [1.29, 1.82) is 0 Å². The van der Waals surface area contributed by atoms with E-state index in [1.54, 1.807) is 0 Å². The van der Waals surface area contributed by atoms with E-state index >= 15 is 0 Å². The summed E-state index contributed by atoms with van der Waals surface area (Å²) in [4.78, 5) is 5.41. The zero-order chi connectivity index (χ0) is 5.40. The van der Waals surface area contributed by atoms with Crippen LogP contribution in [0.5, 0.6) is 0 Å². The summed E-state index contributed by atoms with van der Waals surface area (Å²) in [6.45, 7) is 0. The van der Waals surface area contributed by atoms with Crippen molar-refractivity contribution in [2.45, 2.75) is 0 Å². The molecule has 0 aromatic carbocycles. The number of rotatable bonds is 0. The highest BCUT2D eigenvalue weighted by Gasteiger charge is 2.11. The molecule has 0 amide bonds. The zero-order valence-electron chi connectivity index (χ0n) is 3.90. The van der Waals surface area contributed by atoms with Crippen LogP contribution < -0.4 is 0 Å². The van der Waals surface area contributed by atoms with Crippen LogP contribution in [0.1, 0.15) is 0 Å². The van der Waals surface area contributed by atoms with Gasteiger partial charge < -0.3 is 0 Å². The number of hydrogen-bond donors (Lipinski definition) is 0. The molecule has 2 rings (SSSR count). The maximum atomic E-state index is 4.16. The summed E-state index contributed by atoms with van der Waals surface area (Å²) in [6, 6.07) is 0. The molecule has 1 unspecified atom stereocenters. The molecule has 0 aromatic rings. The number of aliphatic imine (C=N–C) groups is 1. The molecule has 2 aliphatic heterocycles. The van der Waals surface area contributed by atoms with Gasteiger partial charge >= 0.3 is 0 Å². The monoisotopic (exact) mass is 161 g/mol. The molecule has 1 atom stereocenters. The van der Waals surface area contributed by atoms with Gasteiger partial charge in [0.25, 0.3) is 0 Å². The van der Waals surface area contributed by atoms with Gasteiger partial charge in [-0.05, 0) is 30.8 Å². The Labute approximate surface area is 57.4 Å². The standard InChI is InChI=1S/C4H3NS3/c1-2-6-8-4(1)5-3-7-8/h1-3H. The lowest BCUT2D eigenvalue weighted by molar-refractivity contribution is 1.84. The fourth-order valence-electron chi connectivity index (χ4n) is 0.512. The molecular formula is C4H3NS3. The Balaban J connectivity index is 2.43. The van der Waals surface area contributed by atoms with Gasteiger partial charge in [0.2, 0.25) is 0 Å². The maximum Gasteiger partial charge on any atom is 0.108 e. The zero-order valence-corrected chi connectivity index (χ0v) is 6.35. The largest absolute Gasteiger partial charge is 0.241 e. The molecule has 42 valence electrons. The van der Waals surface area contributed by atoms with E-state index in [0.29, 0.717) is 8.55 Å². The molecule has 0 saturated carbocycles. The SMILES string of the molecule is C1=CC2=S(S1)SC=N2. The van der Waals surface area contributed by atoms with Gasteiger partial charge in [-0.3, -0.25) is 0 Å². The second-order valence-electron chi connectivity index (χ2n) is 1.30. The van der Waals surface area contributed by atoms with E-state index in [1.165, 1.54) is 4.99 Å². The van der Waals surface area contributed by atoms with Crippen LogP contribution in [0, 0.1) is 0 Å². The van der Waals surface area contributed by atoms with E-state index in [0.717, 1.165) is 0 Å². The fraction of sp³-hybridized carbons (Fsp3) is 0. The number of hydrogen-bond acceptors (Lipinski definition) is 3. The smallest absolute Gasteiger partial charge is 0.108 e. The predicted molar refractivity (Wildman–Crippen MR) is 45.4 cm³/mol. The molecule has 0 N–H and O–H groups in total. The summed E-state index contributed by atoms with van der Waals surface area (Å²) in [5, 5.41) is 2.11. The van der Waals surface area contributed by atoms with Crippen LogP contribution >= 0.6 is 30.1 Å². The van der Waals surface area contributed by atoms with Gasteiger partial charge in [0.05, 0.1) is 5.55 Å². The van der Waals surface area contributed by atoms with E-state index in [9.17, 15) is 0 Å². The van der Waals surface area contributed by atoms with Crippen molar-refractivity contribution in [3.05, 3.63) is 11.5 Å². The number of nitrogens with zero attached hydrogens (tertiary/aromatic N) is 1. The van der Waals surface area contributed by atoms with Crippen molar-refractivity contribution in [3.8, 4) is 0 Å². The minimum absolute atomic E-state index is 0.349. The van der Waals surface area contributed by atoms with Crippen LogP contribution in [0.4, 0.5) is 0 Å². The lowest BCUT2D eigenvalue weighted by Gasteiger charge is -1.87. The van der Waals surface area contributed by atoms with Gasteiger partial charge in [-0.25, -0.2) is 4.99 Å². The third-order valence-corrected chi connectivity index (χ3v) is 6.29. The van der Waals surface area contributed by atoms with Gasteiger partial charge in [-0.15, -0.1) is 0 Å². The van der Waals surface area contributed by atoms with E-state index < -0.39 is 0 Å². The fourth-order valence-corrected chi connectivity index (χ4v) is 5.03. The summed E-state index contributed by atoms with van der Waals surface area (Å²) < 4.78 is 0. The maximum absolute atomic E-state index is 4.16. The van der Waals surface area contributed by atoms with Crippen LogP contribution in [0.2, 0.25) is 0 Å². The summed E-state index contributed by atoms with van der Waals surface area (Å²) in [6.07, 6.45) is 2.09. The van der Waals surface area contributed by atoms with E-state index in [4.69, 9.17) is 0 Å². The topological polar surface area (TPSA) is 12.4 Å². The van der Waals surface area contributed by atoms with Crippen LogP contribution in [0.15, 0.2) is 16.5 Å². The highest BCUT2D eigenvalue weighted by molar-refractivity contribution is 9.18. The Morgan fingerprint density at radius 1 is 1.50 bits per heavy atom. The van der Waals surface area contributed by atoms with Gasteiger partial charge in [0.1, 0.15) is 4.99 Å². The van der Waals surface area contributed by atoms with Crippen molar-refractivity contribution in [1.82, 2.24) is 0 Å². The van der Waals surface area contributed by atoms with E-state index in [-0.39, 0.29) is 0 Å². The third kappa shape index (κ3) is 0.674. The lowest BCUT2D eigenvalue weighted by Crippen LogP contribution is -1.74. The highest BCUT2D eigenvalue weighted by Crippen LogP contribution is 2.50. The molecule has 0 aromatic heterocycles. The molecule has 0 fully saturated rings. The average molecular weight is 161 g/mol. The van der Waals surface area contributed by atoms with Gasteiger partial charge in [0, 0.05) is 0 Å². The molecular weight excluding hydrogens is 158 g/mol. The highest BCUT2D eigenvalue weighted by atomic mass is 33.5. The Hall–Kier alpha value is 0.330. The summed E-state index contributed by atoms with van der Waals surface area (Å²) in [5.41, 5.74) is 1.93. The average Bonchev–Trinajstić information content (AvgIpc) is 2.15. The summed E-state index contributed by atoms with van der Waals surface area (Å²) in [7, 11) is 4.02. The Kier molecular flexibility index (Phi) is 1.24. The molecule has 0 aliphatic carbocycles. The summed E-state index contributed by atoms with van der Waals surface area (Å²) in [5.74, 6) is 0. The molecule has 2 heterocycles. The predicted octanol–water partition coefficient (Wildman–Crippen LogP) is 2.25. The Morgan fingerprint density at radius 3 is 3.38 bits per heavy atom. The minimum Gasteiger partial charge on any atom is -0.241 e. The second-order valence-corrected chi connectivity index (χ2v) is 6.85. The van der Waals surface area contributed by atoms with Crippen LogP contribution in [-0.2, 0) is 0 Å². The van der Waals surface area contributed by atoms with Crippen LogP contribution in [0.3, 0.4) is 0 Å². The Bertz CT molecular complexity index is 183. The van der Waals surface area contributed by atoms with Crippen molar-refractivity contribution in [2.75, 3.05) is 0 Å². The quantitative estimate of drug-likeness (QED) is 0.399. The first-order valence-electron chi connectivity index (χ1n) is 2.11. The van der Waals surface area contributed by atoms with Crippen LogP contribution in [0.25, 0.3) is 0 Å². The second kappa shape index (κ2) is 1.93. The molecule has 1 nitrogen and oxygen atoms in total. The minimum atomic E-state index is 0.349. The molecule has 0 spiro atoms. The van der Waals surface area contributed by atoms with Crippen molar-refractivity contribution >= 4 is 40.7 Å². The first-order chi connectivity index (χ1) is 3.97. The molecule has 8 heavy (non-hydrogen) atoms. The van der Waals surface area contributed by atoms with Gasteiger partial charge in [0.15, 0.2) is 0 Å². The molecule has 0 bridgehead atoms. The van der Waals surface area contributed by atoms with Crippen molar-refractivity contribution < 1.29 is 0 Å². The van der Waals surface area contributed by atoms with Gasteiger partial charge in [-0.1, -0.05) is 10.8 Å². The normalized spacial score (nSPS) is 32.0. The third-order valence-electron chi connectivity index (χ3n) is 0.835. The molecule has 0 radical (unpaired) electrons. The van der Waals surface area contributed by atoms with Gasteiger partial charge in [-0.2, -0.15) is 0 Å². The lowest BCUT2D eigenvalue weighted by atomic mass is 10.6. The van der Waals surface area contributed by atoms with Crippen molar-refractivity contribution in [3.63, 3.8) is 0 Å². The first-order valence-corrected chi connectivity index (χ1v) is 6.13. The Morgan fingerprint density at radius 2 is 2.50 bits per heavy atom. The van der Waals surface area contributed by atoms with Crippen LogP contribution in [-0.4, -0.2) is 10.5 Å². The van der Waals surface area contributed by atoms with E-state index in [2.05, 4.69) is 16.5 Å². The molecule has 2 aliphatic rings. The summed E-state index contributed by atoms with van der Waals surface area (Å²) >= 11 is 0. The molecule has 0 saturated heterocycles. The van der Waals surface area contributed by atoms with Crippen molar-refractivity contribution in [2.24, 2.45) is 4.99 Å². The first kappa shape index (κ1) is 5.14. The van der Waals surface area contributed by atoms with E-state index in [1.807, 2.05) is 27.1 Å².